The van der Waals surface area contributed by atoms with Crippen LogP contribution in [0.5, 0.6) is 0 Å². The Morgan fingerprint density at radius 2 is 2.05 bits per heavy atom. The first-order valence-electron chi connectivity index (χ1n) is 7.62. The largest absolute Gasteiger partial charge is 0.339 e. The van der Waals surface area contributed by atoms with Gasteiger partial charge in [-0.15, -0.1) is 0 Å². The first-order valence-corrected chi connectivity index (χ1v) is 7.62. The summed E-state index contributed by atoms with van der Waals surface area (Å²) in [6.07, 6.45) is 2.15. The quantitative estimate of drug-likeness (QED) is 0.850. The molecule has 2 aliphatic heterocycles. The molecule has 2 heterocycles. The van der Waals surface area contributed by atoms with Crippen molar-refractivity contribution in [1.29, 1.82) is 0 Å². The van der Waals surface area contributed by atoms with Crippen LogP contribution in [0.2, 0.25) is 0 Å². The molecule has 0 aromatic heterocycles. The molecule has 2 unspecified atom stereocenters. The zero-order valence-corrected chi connectivity index (χ0v) is 11.8. The van der Waals surface area contributed by atoms with Crippen molar-refractivity contribution in [3.63, 3.8) is 0 Å². The highest BCUT2D eigenvalue weighted by atomic mass is 16.2. The number of hydrogen-bond acceptors (Lipinski definition) is 3. The van der Waals surface area contributed by atoms with Crippen LogP contribution in [0, 0.1) is 5.92 Å². The molecule has 1 aromatic carbocycles. The van der Waals surface area contributed by atoms with Crippen LogP contribution in [0.1, 0.15) is 24.4 Å². The third kappa shape index (κ3) is 3.02. The van der Waals surface area contributed by atoms with Gasteiger partial charge in [-0.05, 0) is 24.9 Å². The minimum atomic E-state index is 0.179. The van der Waals surface area contributed by atoms with Gasteiger partial charge in [0, 0.05) is 32.2 Å². The Morgan fingerprint density at radius 3 is 2.80 bits per heavy atom. The molecular weight excluding hydrogens is 250 g/mol. The lowest BCUT2D eigenvalue weighted by Crippen LogP contribution is -2.51. The molecule has 2 atom stereocenters. The summed E-state index contributed by atoms with van der Waals surface area (Å²) in [6, 6.07) is 10.7. The van der Waals surface area contributed by atoms with E-state index in [0.29, 0.717) is 5.91 Å². The van der Waals surface area contributed by atoms with E-state index in [-0.39, 0.29) is 12.0 Å². The van der Waals surface area contributed by atoms with E-state index in [1.165, 1.54) is 5.56 Å². The zero-order chi connectivity index (χ0) is 13.8. The fourth-order valence-corrected chi connectivity index (χ4v) is 3.18. The monoisotopic (exact) mass is 273 g/mol. The number of nitrogens with one attached hydrogen (secondary N) is 2. The van der Waals surface area contributed by atoms with Gasteiger partial charge < -0.3 is 15.5 Å². The molecule has 0 saturated carbocycles. The Hall–Kier alpha value is -1.39. The number of nitrogens with zero attached hydrogens (tertiary/aromatic N) is 1. The van der Waals surface area contributed by atoms with Gasteiger partial charge in [0.05, 0.1) is 5.92 Å². The molecule has 0 aliphatic carbocycles. The first-order chi connectivity index (χ1) is 9.84. The SMILES string of the molecule is O=C(C1CCCNC1)N1CCNC(c2ccccc2)C1. The van der Waals surface area contributed by atoms with Crippen LogP contribution in [-0.2, 0) is 4.79 Å². The van der Waals surface area contributed by atoms with Crippen LogP contribution in [-0.4, -0.2) is 43.5 Å². The number of piperazine rings is 1. The van der Waals surface area contributed by atoms with E-state index in [4.69, 9.17) is 0 Å². The lowest BCUT2D eigenvalue weighted by molar-refractivity contribution is -0.137. The summed E-state index contributed by atoms with van der Waals surface area (Å²) < 4.78 is 0. The molecule has 2 aliphatic rings. The number of carbonyl (C=O) groups excluding carboxylic acids is 1. The highest BCUT2D eigenvalue weighted by Crippen LogP contribution is 2.20. The molecule has 3 rings (SSSR count). The average Bonchev–Trinajstić information content (AvgIpc) is 2.56. The summed E-state index contributed by atoms with van der Waals surface area (Å²) in [5.41, 5.74) is 1.27. The van der Waals surface area contributed by atoms with Crippen molar-refractivity contribution in [3.8, 4) is 0 Å². The Kier molecular flexibility index (Phi) is 4.33. The van der Waals surface area contributed by atoms with Crippen LogP contribution in [0.3, 0.4) is 0 Å². The standard InChI is InChI=1S/C16H23N3O/c20-16(14-7-4-8-17-11-14)19-10-9-18-15(12-19)13-5-2-1-3-6-13/h1-3,5-6,14-15,17-18H,4,7-12H2. The van der Waals surface area contributed by atoms with Gasteiger partial charge in [0.15, 0.2) is 0 Å². The Balaban J connectivity index is 1.64. The molecule has 2 N–H and O–H groups in total. The predicted octanol–water partition coefficient (Wildman–Crippen LogP) is 1.16. The number of rotatable bonds is 2. The van der Waals surface area contributed by atoms with E-state index in [1.54, 1.807) is 0 Å². The van der Waals surface area contributed by atoms with Crippen LogP contribution in [0.4, 0.5) is 0 Å². The molecule has 1 amide bonds. The minimum Gasteiger partial charge on any atom is -0.339 e. The highest BCUT2D eigenvalue weighted by Gasteiger charge is 2.29. The maximum Gasteiger partial charge on any atom is 0.227 e. The second-order valence-corrected chi connectivity index (χ2v) is 5.74. The van der Waals surface area contributed by atoms with E-state index in [9.17, 15) is 4.79 Å². The van der Waals surface area contributed by atoms with Crippen LogP contribution >= 0.6 is 0 Å². The predicted molar refractivity (Wildman–Crippen MR) is 79.4 cm³/mol. The van der Waals surface area contributed by atoms with Gasteiger partial charge in [-0.2, -0.15) is 0 Å². The lowest BCUT2D eigenvalue weighted by atomic mass is 9.96. The molecule has 2 fully saturated rings. The van der Waals surface area contributed by atoms with E-state index in [0.717, 1.165) is 45.6 Å². The summed E-state index contributed by atoms with van der Waals surface area (Å²) in [4.78, 5) is 14.6. The summed E-state index contributed by atoms with van der Waals surface area (Å²) in [5, 5.41) is 6.85. The van der Waals surface area contributed by atoms with Crippen molar-refractivity contribution in [3.05, 3.63) is 35.9 Å². The van der Waals surface area contributed by atoms with Crippen molar-refractivity contribution in [2.75, 3.05) is 32.7 Å². The Morgan fingerprint density at radius 1 is 1.20 bits per heavy atom. The zero-order valence-electron chi connectivity index (χ0n) is 11.8. The van der Waals surface area contributed by atoms with Gasteiger partial charge in [0.25, 0.3) is 0 Å². The van der Waals surface area contributed by atoms with Gasteiger partial charge in [-0.1, -0.05) is 30.3 Å². The molecule has 108 valence electrons. The number of amides is 1. The molecule has 20 heavy (non-hydrogen) atoms. The molecular formula is C16H23N3O. The maximum atomic E-state index is 12.6. The van der Waals surface area contributed by atoms with Crippen molar-refractivity contribution < 1.29 is 4.79 Å². The van der Waals surface area contributed by atoms with Crippen molar-refractivity contribution in [2.24, 2.45) is 5.92 Å². The smallest absolute Gasteiger partial charge is 0.227 e. The minimum absolute atomic E-state index is 0.179. The van der Waals surface area contributed by atoms with Crippen molar-refractivity contribution in [1.82, 2.24) is 15.5 Å². The normalized spacial score (nSPS) is 27.3. The second kappa shape index (κ2) is 6.37. The van der Waals surface area contributed by atoms with Gasteiger partial charge in [0.1, 0.15) is 0 Å². The molecule has 4 heteroatoms. The van der Waals surface area contributed by atoms with Crippen LogP contribution in [0.25, 0.3) is 0 Å². The van der Waals surface area contributed by atoms with Crippen molar-refractivity contribution in [2.45, 2.75) is 18.9 Å². The summed E-state index contributed by atoms with van der Waals surface area (Å²) in [7, 11) is 0. The molecule has 2 saturated heterocycles. The molecule has 0 radical (unpaired) electrons. The molecule has 0 spiro atoms. The number of hydrogen-bond donors (Lipinski definition) is 2. The van der Waals surface area contributed by atoms with Crippen molar-refractivity contribution >= 4 is 5.91 Å². The summed E-state index contributed by atoms with van der Waals surface area (Å²) in [5.74, 6) is 0.512. The molecule has 4 nitrogen and oxygen atoms in total. The number of carbonyl (C=O) groups is 1. The highest BCUT2D eigenvalue weighted by molar-refractivity contribution is 5.79. The van der Waals surface area contributed by atoms with Crippen LogP contribution in [0.15, 0.2) is 30.3 Å². The number of piperidine rings is 1. The van der Waals surface area contributed by atoms with E-state index in [1.807, 2.05) is 11.0 Å². The first kappa shape index (κ1) is 13.6. The lowest BCUT2D eigenvalue weighted by Gasteiger charge is -2.36. The molecule has 0 bridgehead atoms. The van der Waals surface area contributed by atoms with Gasteiger partial charge >= 0.3 is 0 Å². The second-order valence-electron chi connectivity index (χ2n) is 5.74. The summed E-state index contributed by atoms with van der Waals surface area (Å²) >= 11 is 0. The third-order valence-electron chi connectivity index (χ3n) is 4.34. The third-order valence-corrected chi connectivity index (χ3v) is 4.34. The fraction of sp³-hybridized carbons (Fsp3) is 0.562. The van der Waals surface area contributed by atoms with E-state index in [2.05, 4.69) is 34.9 Å². The fourth-order valence-electron chi connectivity index (χ4n) is 3.18. The number of benzene rings is 1. The van der Waals surface area contributed by atoms with Gasteiger partial charge in [0.2, 0.25) is 5.91 Å². The average molecular weight is 273 g/mol. The van der Waals surface area contributed by atoms with Gasteiger partial charge in [-0.3, -0.25) is 4.79 Å². The topological polar surface area (TPSA) is 44.4 Å². The maximum absolute atomic E-state index is 12.6. The van der Waals surface area contributed by atoms with Crippen LogP contribution < -0.4 is 10.6 Å². The molecule has 1 aromatic rings. The van der Waals surface area contributed by atoms with E-state index >= 15 is 0 Å². The summed E-state index contributed by atoms with van der Waals surface area (Å²) in [6.45, 7) is 4.40. The van der Waals surface area contributed by atoms with Gasteiger partial charge in [-0.25, -0.2) is 0 Å². The Bertz CT molecular complexity index is 442. The Labute approximate surface area is 120 Å². The van der Waals surface area contributed by atoms with E-state index < -0.39 is 0 Å².